The quantitative estimate of drug-likeness (QED) is 0.664. The minimum absolute atomic E-state index is 0.0270. The van der Waals surface area contributed by atoms with E-state index < -0.39 is 6.04 Å². The van der Waals surface area contributed by atoms with E-state index in [1.165, 1.54) is 13.3 Å². The summed E-state index contributed by atoms with van der Waals surface area (Å²) in [6.07, 6.45) is 1.52. The molecule has 0 fully saturated rings. The molecule has 0 aliphatic carbocycles. The van der Waals surface area contributed by atoms with Crippen molar-refractivity contribution in [2.75, 3.05) is 18.4 Å². The minimum Gasteiger partial charge on any atom is -0.368 e. The summed E-state index contributed by atoms with van der Waals surface area (Å²) in [6.45, 7) is 6.18. The van der Waals surface area contributed by atoms with Crippen LogP contribution in [0.4, 0.5) is 5.82 Å². The van der Waals surface area contributed by atoms with Gasteiger partial charge in [0.25, 0.3) is 0 Å². The number of anilines is 1. The van der Waals surface area contributed by atoms with Crippen LogP contribution in [0.1, 0.15) is 20.8 Å². The highest BCUT2D eigenvalue weighted by Crippen LogP contribution is 2.23. The summed E-state index contributed by atoms with van der Waals surface area (Å²) in [5, 5.41) is 11.6. The standard InChI is InChI=1S/C15H21N5O2S/c1-9(2)12(20-10(3)21)14(22)17-6-5-16-13-11-4-7-23-15(11)19-8-18-13/h4,7-9,12H,5-6H2,1-3H3,(H,17,22)(H,20,21)(H,16,18,19). The lowest BCUT2D eigenvalue weighted by Gasteiger charge is -2.21. The Balaban J connectivity index is 1.83. The largest absolute Gasteiger partial charge is 0.368 e. The molecular formula is C15H21N5O2S. The Morgan fingerprint density at radius 3 is 2.74 bits per heavy atom. The lowest BCUT2D eigenvalue weighted by molar-refractivity contribution is -0.129. The first kappa shape index (κ1) is 17.1. The average molecular weight is 335 g/mol. The number of fused-ring (bicyclic) bond motifs is 1. The maximum Gasteiger partial charge on any atom is 0.242 e. The molecule has 7 nitrogen and oxygen atoms in total. The van der Waals surface area contributed by atoms with Gasteiger partial charge in [-0.05, 0) is 17.4 Å². The van der Waals surface area contributed by atoms with Crippen molar-refractivity contribution in [3.63, 3.8) is 0 Å². The van der Waals surface area contributed by atoms with Gasteiger partial charge in [0, 0.05) is 20.0 Å². The molecule has 0 aliphatic heterocycles. The molecule has 0 saturated carbocycles. The fourth-order valence-corrected chi connectivity index (χ4v) is 2.89. The molecule has 1 unspecified atom stereocenters. The summed E-state index contributed by atoms with van der Waals surface area (Å²) in [5.41, 5.74) is 0. The minimum atomic E-state index is -0.518. The fraction of sp³-hybridized carbons (Fsp3) is 0.467. The highest BCUT2D eigenvalue weighted by Gasteiger charge is 2.22. The van der Waals surface area contributed by atoms with Gasteiger partial charge in [-0.15, -0.1) is 11.3 Å². The number of hydrogen-bond acceptors (Lipinski definition) is 6. The molecule has 8 heteroatoms. The number of nitrogens with one attached hydrogen (secondary N) is 3. The zero-order valence-electron chi connectivity index (χ0n) is 13.4. The molecule has 2 heterocycles. The zero-order chi connectivity index (χ0) is 16.8. The van der Waals surface area contributed by atoms with Gasteiger partial charge < -0.3 is 16.0 Å². The fourth-order valence-electron chi connectivity index (χ4n) is 2.16. The van der Waals surface area contributed by atoms with Crippen molar-refractivity contribution in [3.05, 3.63) is 17.8 Å². The highest BCUT2D eigenvalue weighted by atomic mass is 32.1. The van der Waals surface area contributed by atoms with Crippen LogP contribution in [0, 0.1) is 5.92 Å². The van der Waals surface area contributed by atoms with E-state index in [2.05, 4.69) is 25.9 Å². The van der Waals surface area contributed by atoms with Gasteiger partial charge in [0.05, 0.1) is 5.39 Å². The number of hydrogen-bond donors (Lipinski definition) is 3. The van der Waals surface area contributed by atoms with Gasteiger partial charge in [0.15, 0.2) is 0 Å². The molecule has 2 amide bonds. The maximum atomic E-state index is 12.1. The van der Waals surface area contributed by atoms with Crippen LogP contribution in [0.25, 0.3) is 10.2 Å². The number of amides is 2. The van der Waals surface area contributed by atoms with Crippen LogP contribution in [0.5, 0.6) is 0 Å². The Morgan fingerprint density at radius 2 is 2.04 bits per heavy atom. The number of nitrogens with zero attached hydrogens (tertiary/aromatic N) is 2. The van der Waals surface area contributed by atoms with Gasteiger partial charge in [0.1, 0.15) is 23.0 Å². The highest BCUT2D eigenvalue weighted by molar-refractivity contribution is 7.16. The number of carbonyl (C=O) groups excluding carboxylic acids is 2. The molecule has 3 N–H and O–H groups in total. The third-order valence-corrected chi connectivity index (χ3v) is 4.11. The van der Waals surface area contributed by atoms with E-state index >= 15 is 0 Å². The predicted octanol–water partition coefficient (Wildman–Crippen LogP) is 1.38. The third-order valence-electron chi connectivity index (χ3n) is 3.29. The first-order chi connectivity index (χ1) is 11.0. The van der Waals surface area contributed by atoms with E-state index in [0.29, 0.717) is 13.1 Å². The lowest BCUT2D eigenvalue weighted by Crippen LogP contribution is -2.49. The molecule has 23 heavy (non-hydrogen) atoms. The van der Waals surface area contributed by atoms with E-state index in [9.17, 15) is 9.59 Å². The zero-order valence-corrected chi connectivity index (χ0v) is 14.2. The summed E-state index contributed by atoms with van der Waals surface area (Å²) in [4.78, 5) is 32.6. The Hall–Kier alpha value is -2.22. The Bertz CT molecular complexity index is 685. The van der Waals surface area contributed by atoms with Crippen LogP contribution in [-0.2, 0) is 9.59 Å². The van der Waals surface area contributed by atoms with E-state index in [-0.39, 0.29) is 17.7 Å². The van der Waals surface area contributed by atoms with Crippen molar-refractivity contribution in [1.29, 1.82) is 0 Å². The summed E-state index contributed by atoms with van der Waals surface area (Å²) in [5.74, 6) is 0.394. The average Bonchev–Trinajstić information content (AvgIpc) is 2.97. The first-order valence-electron chi connectivity index (χ1n) is 7.46. The van der Waals surface area contributed by atoms with Gasteiger partial charge >= 0.3 is 0 Å². The normalized spacial score (nSPS) is 12.2. The van der Waals surface area contributed by atoms with Crippen molar-refractivity contribution < 1.29 is 9.59 Å². The van der Waals surface area contributed by atoms with Crippen molar-refractivity contribution in [1.82, 2.24) is 20.6 Å². The molecular weight excluding hydrogens is 314 g/mol. The van der Waals surface area contributed by atoms with Crippen molar-refractivity contribution in [3.8, 4) is 0 Å². The van der Waals surface area contributed by atoms with Crippen LogP contribution in [0.3, 0.4) is 0 Å². The molecule has 0 bridgehead atoms. The monoisotopic (exact) mass is 335 g/mol. The van der Waals surface area contributed by atoms with Crippen molar-refractivity contribution >= 4 is 39.2 Å². The molecule has 0 radical (unpaired) electrons. The summed E-state index contributed by atoms with van der Waals surface area (Å²) in [7, 11) is 0. The van der Waals surface area contributed by atoms with Gasteiger partial charge in [-0.2, -0.15) is 0 Å². The number of aromatic nitrogens is 2. The number of carbonyl (C=O) groups is 2. The van der Waals surface area contributed by atoms with Gasteiger partial charge in [-0.3, -0.25) is 9.59 Å². The van der Waals surface area contributed by atoms with Crippen molar-refractivity contribution in [2.24, 2.45) is 5.92 Å². The smallest absolute Gasteiger partial charge is 0.242 e. The van der Waals surface area contributed by atoms with Crippen LogP contribution >= 0.6 is 11.3 Å². The van der Waals surface area contributed by atoms with E-state index in [0.717, 1.165) is 16.0 Å². The van der Waals surface area contributed by atoms with E-state index in [1.54, 1.807) is 11.3 Å². The molecule has 0 saturated heterocycles. The van der Waals surface area contributed by atoms with Gasteiger partial charge in [-0.1, -0.05) is 13.8 Å². The summed E-state index contributed by atoms with van der Waals surface area (Å²) >= 11 is 1.56. The second-order valence-corrected chi connectivity index (χ2v) is 6.40. The van der Waals surface area contributed by atoms with Crippen LogP contribution in [0.2, 0.25) is 0 Å². The SMILES string of the molecule is CC(=O)NC(C(=O)NCCNc1ncnc2sccc12)C(C)C. The van der Waals surface area contributed by atoms with Crippen LogP contribution in [-0.4, -0.2) is 40.9 Å². The van der Waals surface area contributed by atoms with E-state index in [1.807, 2.05) is 25.3 Å². The van der Waals surface area contributed by atoms with Gasteiger partial charge in [0.2, 0.25) is 11.8 Å². The number of rotatable bonds is 7. The van der Waals surface area contributed by atoms with Crippen molar-refractivity contribution in [2.45, 2.75) is 26.8 Å². The topological polar surface area (TPSA) is 96.0 Å². The molecule has 0 aliphatic rings. The molecule has 124 valence electrons. The molecule has 1 atom stereocenters. The van der Waals surface area contributed by atoms with Crippen LogP contribution in [0.15, 0.2) is 17.8 Å². The van der Waals surface area contributed by atoms with Crippen LogP contribution < -0.4 is 16.0 Å². The van der Waals surface area contributed by atoms with E-state index in [4.69, 9.17) is 0 Å². The maximum absolute atomic E-state index is 12.1. The molecule has 2 rings (SSSR count). The predicted molar refractivity (Wildman–Crippen MR) is 91.4 cm³/mol. The third kappa shape index (κ3) is 4.62. The second-order valence-electron chi connectivity index (χ2n) is 5.50. The van der Waals surface area contributed by atoms with Gasteiger partial charge in [-0.25, -0.2) is 9.97 Å². The second kappa shape index (κ2) is 7.87. The Labute approximate surface area is 138 Å². The lowest BCUT2D eigenvalue weighted by atomic mass is 10.0. The Morgan fingerprint density at radius 1 is 1.26 bits per heavy atom. The Kier molecular flexibility index (Phi) is 5.86. The molecule has 2 aromatic heterocycles. The molecule has 2 aromatic rings. The molecule has 0 spiro atoms. The molecule has 0 aromatic carbocycles. The first-order valence-corrected chi connectivity index (χ1v) is 8.34. The number of thiophene rings is 1. The summed E-state index contributed by atoms with van der Waals surface area (Å²) in [6, 6.07) is 1.45. The summed E-state index contributed by atoms with van der Waals surface area (Å²) < 4.78 is 0.